The molecular formula is C14H17N3O4. The number of ether oxygens (including phenoxy) is 1. The Morgan fingerprint density at radius 3 is 2.62 bits per heavy atom. The van der Waals surface area contributed by atoms with E-state index in [0.29, 0.717) is 17.1 Å². The summed E-state index contributed by atoms with van der Waals surface area (Å²) in [5.41, 5.74) is 0.760. The van der Waals surface area contributed by atoms with Crippen LogP contribution in [0.15, 0.2) is 30.3 Å². The van der Waals surface area contributed by atoms with Gasteiger partial charge in [0.1, 0.15) is 29.8 Å². The van der Waals surface area contributed by atoms with Crippen LogP contribution in [0.5, 0.6) is 5.75 Å². The van der Waals surface area contributed by atoms with Gasteiger partial charge in [0, 0.05) is 0 Å². The van der Waals surface area contributed by atoms with Gasteiger partial charge in [-0.1, -0.05) is 18.2 Å². The van der Waals surface area contributed by atoms with Crippen molar-refractivity contribution in [3.63, 3.8) is 0 Å². The van der Waals surface area contributed by atoms with Gasteiger partial charge in [-0.25, -0.2) is 0 Å². The smallest absolute Gasteiger partial charge is 0.312 e. The molecule has 1 N–H and O–H groups in total. The maximum Gasteiger partial charge on any atom is 0.312 e. The molecule has 2 rings (SSSR count). The van der Waals surface area contributed by atoms with Crippen molar-refractivity contribution < 1.29 is 14.8 Å². The van der Waals surface area contributed by atoms with Gasteiger partial charge in [-0.2, -0.15) is 5.10 Å². The van der Waals surface area contributed by atoms with Crippen LogP contribution < -0.4 is 4.74 Å². The lowest BCUT2D eigenvalue weighted by molar-refractivity contribution is -0.386. The second-order valence-electron chi connectivity index (χ2n) is 4.74. The normalized spacial score (nSPS) is 12.1. The van der Waals surface area contributed by atoms with Crippen LogP contribution >= 0.6 is 0 Å². The lowest BCUT2D eigenvalue weighted by Gasteiger charge is -2.13. The first kappa shape index (κ1) is 15.0. The standard InChI is InChI=1S/C14H17N3O4/c1-10-14(17(19)20)11(2)16(15-10)8-12(18)9-21-13-6-4-3-5-7-13/h3-7,12,18H,8-9H2,1-2H3. The van der Waals surface area contributed by atoms with E-state index in [4.69, 9.17) is 4.74 Å². The number of aliphatic hydroxyl groups excluding tert-OH is 1. The summed E-state index contributed by atoms with van der Waals surface area (Å²) in [6.07, 6.45) is -0.803. The summed E-state index contributed by atoms with van der Waals surface area (Å²) in [4.78, 5) is 10.5. The molecule has 2 aromatic rings. The van der Waals surface area contributed by atoms with E-state index in [-0.39, 0.29) is 18.8 Å². The Bertz CT molecular complexity index is 625. The number of aliphatic hydroxyl groups is 1. The van der Waals surface area contributed by atoms with Crippen molar-refractivity contribution in [2.24, 2.45) is 0 Å². The van der Waals surface area contributed by atoms with E-state index in [1.54, 1.807) is 26.0 Å². The van der Waals surface area contributed by atoms with Crippen molar-refractivity contribution in [1.82, 2.24) is 9.78 Å². The number of hydrogen-bond acceptors (Lipinski definition) is 5. The molecule has 0 saturated carbocycles. The van der Waals surface area contributed by atoms with Gasteiger partial charge in [-0.15, -0.1) is 0 Å². The largest absolute Gasteiger partial charge is 0.491 e. The average molecular weight is 291 g/mol. The highest BCUT2D eigenvalue weighted by atomic mass is 16.6. The molecule has 0 aliphatic rings. The number of aryl methyl sites for hydroxylation is 1. The molecule has 0 aliphatic heterocycles. The maximum absolute atomic E-state index is 10.9. The minimum absolute atomic E-state index is 0.00817. The van der Waals surface area contributed by atoms with Crippen LogP contribution in [0, 0.1) is 24.0 Å². The van der Waals surface area contributed by atoms with E-state index in [1.807, 2.05) is 18.2 Å². The molecule has 112 valence electrons. The van der Waals surface area contributed by atoms with Crippen LogP contribution in [0.4, 0.5) is 5.69 Å². The lowest BCUT2D eigenvalue weighted by Crippen LogP contribution is -2.24. The number of aromatic nitrogens is 2. The van der Waals surface area contributed by atoms with Crippen LogP contribution in [0.1, 0.15) is 11.4 Å². The predicted octanol–water partition coefficient (Wildman–Crippen LogP) is 1.85. The highest BCUT2D eigenvalue weighted by Gasteiger charge is 2.22. The fraction of sp³-hybridized carbons (Fsp3) is 0.357. The topological polar surface area (TPSA) is 90.4 Å². The van der Waals surface area contributed by atoms with Crippen molar-refractivity contribution in [3.05, 3.63) is 51.8 Å². The molecule has 0 spiro atoms. The first-order valence-corrected chi connectivity index (χ1v) is 6.53. The minimum Gasteiger partial charge on any atom is -0.491 e. The van der Waals surface area contributed by atoms with Crippen molar-refractivity contribution >= 4 is 5.69 Å². The summed E-state index contributed by atoms with van der Waals surface area (Å²) < 4.78 is 6.88. The molecule has 7 nitrogen and oxygen atoms in total. The van der Waals surface area contributed by atoms with E-state index in [2.05, 4.69) is 5.10 Å². The third-order valence-corrected chi connectivity index (χ3v) is 3.10. The lowest BCUT2D eigenvalue weighted by atomic mass is 10.3. The SMILES string of the molecule is Cc1nn(CC(O)COc2ccccc2)c(C)c1[N+](=O)[O-]. The van der Waals surface area contributed by atoms with Crippen LogP contribution in [0.25, 0.3) is 0 Å². The molecule has 1 heterocycles. The Morgan fingerprint density at radius 1 is 1.38 bits per heavy atom. The number of nitrogens with zero attached hydrogens (tertiary/aromatic N) is 3. The Kier molecular flexibility index (Phi) is 4.54. The van der Waals surface area contributed by atoms with Gasteiger partial charge in [0.15, 0.2) is 0 Å². The minimum atomic E-state index is -0.803. The van der Waals surface area contributed by atoms with Gasteiger partial charge >= 0.3 is 5.69 Å². The monoisotopic (exact) mass is 291 g/mol. The highest BCUT2D eigenvalue weighted by Crippen LogP contribution is 2.22. The van der Waals surface area contributed by atoms with Crippen molar-refractivity contribution in [1.29, 1.82) is 0 Å². The quantitative estimate of drug-likeness (QED) is 0.648. The molecule has 0 bridgehead atoms. The Hall–Kier alpha value is -2.41. The Labute approximate surface area is 121 Å². The second-order valence-corrected chi connectivity index (χ2v) is 4.74. The Balaban J connectivity index is 1.98. The van der Waals surface area contributed by atoms with Crippen LogP contribution in [-0.4, -0.2) is 32.5 Å². The zero-order valence-corrected chi connectivity index (χ0v) is 11.9. The van der Waals surface area contributed by atoms with Gasteiger partial charge in [0.05, 0.1) is 11.5 Å². The Morgan fingerprint density at radius 2 is 2.05 bits per heavy atom. The zero-order valence-electron chi connectivity index (χ0n) is 11.9. The van der Waals surface area contributed by atoms with E-state index in [9.17, 15) is 15.2 Å². The van der Waals surface area contributed by atoms with Gasteiger partial charge in [0.25, 0.3) is 0 Å². The maximum atomic E-state index is 10.9. The van der Waals surface area contributed by atoms with Gasteiger partial charge < -0.3 is 9.84 Å². The molecule has 1 atom stereocenters. The molecule has 0 fully saturated rings. The van der Waals surface area contributed by atoms with Gasteiger partial charge in [-0.05, 0) is 26.0 Å². The van der Waals surface area contributed by atoms with Gasteiger partial charge in [0.2, 0.25) is 0 Å². The van der Waals surface area contributed by atoms with Crippen LogP contribution in [-0.2, 0) is 6.54 Å². The molecule has 7 heteroatoms. The fourth-order valence-electron chi connectivity index (χ4n) is 2.09. The number of para-hydroxylation sites is 1. The summed E-state index contributed by atoms with van der Waals surface area (Å²) in [6, 6.07) is 9.14. The predicted molar refractivity (Wildman–Crippen MR) is 76.3 cm³/mol. The molecule has 0 aliphatic carbocycles. The molecule has 1 aromatic heterocycles. The van der Waals surface area contributed by atoms with Crippen molar-refractivity contribution in [3.8, 4) is 5.75 Å². The number of benzene rings is 1. The van der Waals surface area contributed by atoms with Gasteiger partial charge in [-0.3, -0.25) is 14.8 Å². The highest BCUT2D eigenvalue weighted by molar-refractivity contribution is 5.39. The fourth-order valence-corrected chi connectivity index (χ4v) is 2.09. The molecular weight excluding hydrogens is 274 g/mol. The first-order chi connectivity index (χ1) is 9.99. The number of nitro groups is 1. The third-order valence-electron chi connectivity index (χ3n) is 3.10. The molecule has 0 amide bonds. The summed E-state index contributed by atoms with van der Waals surface area (Å²) in [6.45, 7) is 3.43. The average Bonchev–Trinajstić information content (AvgIpc) is 2.72. The zero-order chi connectivity index (χ0) is 15.4. The van der Waals surface area contributed by atoms with E-state index < -0.39 is 11.0 Å². The first-order valence-electron chi connectivity index (χ1n) is 6.53. The second kappa shape index (κ2) is 6.36. The molecule has 0 saturated heterocycles. The molecule has 1 unspecified atom stereocenters. The summed E-state index contributed by atoms with van der Waals surface area (Å²) in [7, 11) is 0. The number of rotatable bonds is 6. The summed E-state index contributed by atoms with van der Waals surface area (Å²) >= 11 is 0. The number of hydrogen-bond donors (Lipinski definition) is 1. The van der Waals surface area contributed by atoms with Crippen molar-refractivity contribution in [2.75, 3.05) is 6.61 Å². The molecule has 1 aromatic carbocycles. The van der Waals surface area contributed by atoms with Crippen LogP contribution in [0.3, 0.4) is 0 Å². The summed E-state index contributed by atoms with van der Waals surface area (Å²) in [5, 5.41) is 25.0. The van der Waals surface area contributed by atoms with Crippen LogP contribution in [0.2, 0.25) is 0 Å². The van der Waals surface area contributed by atoms with E-state index in [1.165, 1.54) is 4.68 Å². The van der Waals surface area contributed by atoms with E-state index >= 15 is 0 Å². The van der Waals surface area contributed by atoms with E-state index in [0.717, 1.165) is 0 Å². The third kappa shape index (κ3) is 3.57. The summed E-state index contributed by atoms with van der Waals surface area (Å²) in [5.74, 6) is 0.663. The molecule has 0 radical (unpaired) electrons. The van der Waals surface area contributed by atoms with Crippen molar-refractivity contribution in [2.45, 2.75) is 26.5 Å². The molecule has 21 heavy (non-hydrogen) atoms.